The van der Waals surface area contributed by atoms with Gasteiger partial charge >= 0.3 is 0 Å². The molecule has 1 aliphatic rings. The van der Waals surface area contributed by atoms with Gasteiger partial charge in [-0.1, -0.05) is 6.92 Å². The first-order valence-electron chi connectivity index (χ1n) is 8.07. The van der Waals surface area contributed by atoms with Gasteiger partial charge in [-0.2, -0.15) is 0 Å². The van der Waals surface area contributed by atoms with Crippen molar-refractivity contribution in [3.63, 3.8) is 0 Å². The minimum atomic E-state index is -0.441. The maximum Gasteiger partial charge on any atom is 0.254 e. The molecule has 0 aliphatic carbocycles. The largest absolute Gasteiger partial charge is 0.357 e. The Hall–Kier alpha value is -2.18. The monoisotopic (exact) mass is 320 g/mol. The van der Waals surface area contributed by atoms with Crippen molar-refractivity contribution in [1.82, 2.24) is 20.2 Å². The molecule has 0 radical (unpaired) electrons. The van der Waals surface area contributed by atoms with Crippen LogP contribution in [0, 0.1) is 6.92 Å². The first-order chi connectivity index (χ1) is 11.0. The van der Waals surface area contributed by atoms with Crippen LogP contribution in [0.1, 0.15) is 43.3 Å². The number of aromatic amines is 1. The Balaban J connectivity index is 2.21. The van der Waals surface area contributed by atoms with Gasteiger partial charge in [0.1, 0.15) is 11.9 Å². The van der Waals surface area contributed by atoms with Crippen molar-refractivity contribution in [1.29, 1.82) is 0 Å². The van der Waals surface area contributed by atoms with Crippen LogP contribution in [-0.4, -0.2) is 46.3 Å². The molecule has 126 valence electrons. The number of nitrogens with one attached hydrogen (secondary N) is 2. The summed E-state index contributed by atoms with van der Waals surface area (Å²) in [6.07, 6.45) is 3.07. The van der Waals surface area contributed by atoms with E-state index in [2.05, 4.69) is 15.3 Å². The summed E-state index contributed by atoms with van der Waals surface area (Å²) in [6.45, 7) is 4.20. The molecule has 0 spiro atoms. The fraction of sp³-hybridized carbons (Fsp3) is 0.625. The molecule has 0 aromatic carbocycles. The number of hydrogen-bond acceptors (Lipinski definition) is 4. The molecule has 2 heterocycles. The molecule has 1 atom stereocenters. The number of aryl methyl sites for hydroxylation is 2. The van der Waals surface area contributed by atoms with Crippen LogP contribution in [0.4, 0.5) is 0 Å². The number of rotatable bonds is 4. The lowest BCUT2D eigenvalue weighted by Gasteiger charge is -2.34. The van der Waals surface area contributed by atoms with Gasteiger partial charge in [0, 0.05) is 31.3 Å². The zero-order chi connectivity index (χ0) is 17.0. The highest BCUT2D eigenvalue weighted by Crippen LogP contribution is 2.18. The van der Waals surface area contributed by atoms with E-state index in [9.17, 15) is 14.4 Å². The lowest BCUT2D eigenvalue weighted by atomic mass is 10.00. The topological polar surface area (TPSA) is 95.2 Å². The third-order valence-electron chi connectivity index (χ3n) is 4.31. The average Bonchev–Trinajstić information content (AvgIpc) is 2.56. The van der Waals surface area contributed by atoms with Crippen molar-refractivity contribution in [2.75, 3.05) is 13.6 Å². The van der Waals surface area contributed by atoms with Crippen molar-refractivity contribution >= 4 is 11.8 Å². The molecule has 7 nitrogen and oxygen atoms in total. The van der Waals surface area contributed by atoms with Gasteiger partial charge in [0.05, 0.1) is 6.42 Å². The van der Waals surface area contributed by atoms with E-state index >= 15 is 0 Å². The van der Waals surface area contributed by atoms with Crippen molar-refractivity contribution in [3.8, 4) is 0 Å². The molecule has 1 fully saturated rings. The number of nitrogens with zero attached hydrogens (tertiary/aromatic N) is 2. The van der Waals surface area contributed by atoms with Gasteiger partial charge in [-0.15, -0.1) is 0 Å². The maximum absolute atomic E-state index is 12.6. The predicted molar refractivity (Wildman–Crippen MR) is 86.1 cm³/mol. The van der Waals surface area contributed by atoms with Crippen LogP contribution in [0.15, 0.2) is 4.79 Å². The lowest BCUT2D eigenvalue weighted by molar-refractivity contribution is -0.141. The average molecular weight is 320 g/mol. The maximum atomic E-state index is 12.6. The number of carbonyl (C=O) groups is 2. The fourth-order valence-electron chi connectivity index (χ4n) is 2.97. The van der Waals surface area contributed by atoms with Crippen LogP contribution in [0.5, 0.6) is 0 Å². The second kappa shape index (κ2) is 7.39. The quantitative estimate of drug-likeness (QED) is 0.835. The number of amides is 2. The SMILES string of the molecule is CCc1nc(C)c(CC(=O)N2CCCCC2C(=O)NC)c(=O)[nH]1. The van der Waals surface area contributed by atoms with E-state index < -0.39 is 6.04 Å². The molecule has 2 amide bonds. The third-order valence-corrected chi connectivity index (χ3v) is 4.31. The lowest BCUT2D eigenvalue weighted by Crippen LogP contribution is -2.52. The van der Waals surface area contributed by atoms with Crippen molar-refractivity contribution in [2.24, 2.45) is 0 Å². The molecule has 7 heteroatoms. The molecule has 1 aromatic heterocycles. The summed E-state index contributed by atoms with van der Waals surface area (Å²) in [4.78, 5) is 45.4. The minimum Gasteiger partial charge on any atom is -0.357 e. The molecule has 1 aliphatic heterocycles. The van der Waals surface area contributed by atoms with E-state index in [0.29, 0.717) is 36.5 Å². The normalized spacial score (nSPS) is 17.9. The molecular formula is C16H24N4O3. The molecule has 1 saturated heterocycles. The Bertz CT molecular complexity index is 653. The van der Waals surface area contributed by atoms with E-state index in [4.69, 9.17) is 0 Å². The summed E-state index contributed by atoms with van der Waals surface area (Å²) < 4.78 is 0. The smallest absolute Gasteiger partial charge is 0.254 e. The Labute approximate surface area is 135 Å². The van der Waals surface area contributed by atoms with E-state index in [1.165, 1.54) is 0 Å². The van der Waals surface area contributed by atoms with Crippen molar-refractivity contribution in [3.05, 3.63) is 27.4 Å². The Kier molecular flexibility index (Phi) is 5.52. The van der Waals surface area contributed by atoms with E-state index in [-0.39, 0.29) is 23.8 Å². The van der Waals surface area contributed by atoms with Gasteiger partial charge in [0.25, 0.3) is 5.56 Å². The molecular weight excluding hydrogens is 296 g/mol. The summed E-state index contributed by atoms with van der Waals surface area (Å²) in [7, 11) is 1.57. The highest BCUT2D eigenvalue weighted by Gasteiger charge is 2.31. The molecule has 2 N–H and O–H groups in total. The van der Waals surface area contributed by atoms with Gasteiger partial charge in [-0.25, -0.2) is 4.98 Å². The number of H-pyrrole nitrogens is 1. The van der Waals surface area contributed by atoms with Crippen LogP contribution in [0.3, 0.4) is 0 Å². The van der Waals surface area contributed by atoms with Gasteiger partial charge in [-0.05, 0) is 26.2 Å². The Morgan fingerprint density at radius 1 is 1.39 bits per heavy atom. The zero-order valence-electron chi connectivity index (χ0n) is 13.9. The first kappa shape index (κ1) is 17.2. The number of likely N-dealkylation sites (tertiary alicyclic amines) is 1. The van der Waals surface area contributed by atoms with Crippen molar-refractivity contribution < 1.29 is 9.59 Å². The fourth-order valence-corrected chi connectivity index (χ4v) is 2.97. The molecule has 23 heavy (non-hydrogen) atoms. The number of likely N-dealkylation sites (N-methyl/N-ethyl adjacent to an activating group) is 1. The Morgan fingerprint density at radius 2 is 2.13 bits per heavy atom. The van der Waals surface area contributed by atoms with Crippen LogP contribution < -0.4 is 10.9 Å². The van der Waals surface area contributed by atoms with Crippen LogP contribution >= 0.6 is 0 Å². The van der Waals surface area contributed by atoms with Crippen LogP contribution in [0.25, 0.3) is 0 Å². The van der Waals surface area contributed by atoms with Gasteiger partial charge in [0.15, 0.2) is 0 Å². The highest BCUT2D eigenvalue weighted by atomic mass is 16.2. The Morgan fingerprint density at radius 3 is 2.74 bits per heavy atom. The highest BCUT2D eigenvalue weighted by molar-refractivity contribution is 5.88. The standard InChI is InChI=1S/C16H24N4O3/c1-4-13-18-10(2)11(15(22)19-13)9-14(21)20-8-6-5-7-12(20)16(23)17-3/h12H,4-9H2,1-3H3,(H,17,23)(H,18,19,22). The number of aromatic nitrogens is 2. The van der Waals surface area contributed by atoms with Gasteiger partial charge < -0.3 is 15.2 Å². The number of carbonyl (C=O) groups excluding carboxylic acids is 2. The van der Waals surface area contributed by atoms with Gasteiger partial charge in [0.2, 0.25) is 11.8 Å². The van der Waals surface area contributed by atoms with Crippen LogP contribution in [0.2, 0.25) is 0 Å². The second-order valence-corrected chi connectivity index (χ2v) is 5.82. The van der Waals surface area contributed by atoms with E-state index in [1.54, 1.807) is 18.9 Å². The summed E-state index contributed by atoms with van der Waals surface area (Å²) in [5.41, 5.74) is 0.692. The third kappa shape index (κ3) is 3.78. The second-order valence-electron chi connectivity index (χ2n) is 5.82. The van der Waals surface area contributed by atoms with E-state index in [0.717, 1.165) is 12.8 Å². The molecule has 1 aromatic rings. The minimum absolute atomic E-state index is 0.0222. The summed E-state index contributed by atoms with van der Waals surface area (Å²) >= 11 is 0. The number of piperidine rings is 1. The molecule has 0 bridgehead atoms. The molecule has 1 unspecified atom stereocenters. The van der Waals surface area contributed by atoms with Gasteiger partial charge in [-0.3, -0.25) is 14.4 Å². The van der Waals surface area contributed by atoms with Crippen molar-refractivity contribution in [2.45, 2.75) is 52.0 Å². The predicted octanol–water partition coefficient (Wildman–Crippen LogP) is 0.310. The summed E-state index contributed by atoms with van der Waals surface area (Å²) in [5, 5.41) is 2.61. The molecule has 0 saturated carbocycles. The summed E-state index contributed by atoms with van der Waals surface area (Å²) in [5.74, 6) is 0.269. The van der Waals surface area contributed by atoms with E-state index in [1.807, 2.05) is 6.92 Å². The summed E-state index contributed by atoms with van der Waals surface area (Å²) in [6, 6.07) is -0.441. The first-order valence-corrected chi connectivity index (χ1v) is 8.07. The molecule has 2 rings (SSSR count). The van der Waals surface area contributed by atoms with Crippen LogP contribution in [-0.2, 0) is 22.4 Å². The zero-order valence-corrected chi connectivity index (χ0v) is 13.9. The number of hydrogen-bond donors (Lipinski definition) is 2.